The van der Waals surface area contributed by atoms with Crippen LogP contribution in [0.25, 0.3) is 10.1 Å². The van der Waals surface area contributed by atoms with Gasteiger partial charge in [0.1, 0.15) is 4.88 Å². The molecular formula is C16H19ClN2OS. The number of nitrogen functional groups attached to an aromatic ring is 1. The maximum Gasteiger partial charge on any atom is 0.266 e. The average Bonchev–Trinajstić information content (AvgIpc) is 2.76. The minimum Gasteiger partial charge on any atom is -0.397 e. The van der Waals surface area contributed by atoms with Crippen LogP contribution in [-0.4, -0.2) is 23.9 Å². The molecule has 0 aliphatic carbocycles. The third-order valence-corrected chi connectivity index (χ3v) is 5.51. The smallest absolute Gasteiger partial charge is 0.266 e. The second kappa shape index (κ2) is 6.24. The van der Waals surface area contributed by atoms with E-state index in [2.05, 4.69) is 0 Å². The Morgan fingerprint density at radius 2 is 1.81 bits per heavy atom. The van der Waals surface area contributed by atoms with Gasteiger partial charge in [0.25, 0.3) is 5.91 Å². The van der Waals surface area contributed by atoms with Gasteiger partial charge in [-0.2, -0.15) is 0 Å². The molecule has 1 aliphatic heterocycles. The Hall–Kier alpha value is -1.26. The highest BCUT2D eigenvalue weighted by molar-refractivity contribution is 7.21. The number of nitrogens with two attached hydrogens (primary N) is 1. The van der Waals surface area contributed by atoms with Crippen LogP contribution >= 0.6 is 22.9 Å². The fraction of sp³-hybridized carbons (Fsp3) is 0.438. The first-order chi connectivity index (χ1) is 10.2. The zero-order valence-electron chi connectivity index (χ0n) is 11.9. The Kier molecular flexibility index (Phi) is 4.36. The van der Waals surface area contributed by atoms with E-state index in [0.717, 1.165) is 36.0 Å². The molecule has 0 saturated carbocycles. The average molecular weight is 323 g/mol. The van der Waals surface area contributed by atoms with E-state index in [1.54, 1.807) is 0 Å². The van der Waals surface area contributed by atoms with Gasteiger partial charge < -0.3 is 10.6 Å². The lowest BCUT2D eigenvalue weighted by Crippen LogP contribution is -2.33. The summed E-state index contributed by atoms with van der Waals surface area (Å²) in [5, 5.41) is 1.44. The lowest BCUT2D eigenvalue weighted by atomic mass is 10.1. The zero-order chi connectivity index (χ0) is 14.8. The van der Waals surface area contributed by atoms with Crippen molar-refractivity contribution in [3.8, 4) is 0 Å². The molecule has 1 aromatic heterocycles. The fourth-order valence-electron chi connectivity index (χ4n) is 2.88. The molecule has 3 rings (SSSR count). The Bertz CT molecular complexity index is 660. The molecule has 5 heteroatoms. The van der Waals surface area contributed by atoms with E-state index in [0.29, 0.717) is 15.6 Å². The molecule has 2 aromatic rings. The second-order valence-electron chi connectivity index (χ2n) is 5.52. The number of hydrogen-bond acceptors (Lipinski definition) is 3. The number of carbonyl (C=O) groups excluding carboxylic acids is 1. The molecule has 1 fully saturated rings. The molecule has 1 aromatic carbocycles. The highest BCUT2D eigenvalue weighted by Gasteiger charge is 2.23. The summed E-state index contributed by atoms with van der Waals surface area (Å²) < 4.78 is 0.982. The Morgan fingerprint density at radius 3 is 2.48 bits per heavy atom. The predicted octanol–water partition coefficient (Wildman–Crippen LogP) is 4.54. The van der Waals surface area contributed by atoms with E-state index >= 15 is 0 Å². The zero-order valence-corrected chi connectivity index (χ0v) is 13.5. The summed E-state index contributed by atoms with van der Waals surface area (Å²) in [6.45, 7) is 1.67. The molecule has 112 valence electrons. The first kappa shape index (κ1) is 14.7. The van der Waals surface area contributed by atoms with Gasteiger partial charge in [-0.25, -0.2) is 0 Å². The van der Waals surface area contributed by atoms with E-state index in [4.69, 9.17) is 17.3 Å². The molecule has 2 heterocycles. The van der Waals surface area contributed by atoms with Crippen LogP contribution in [0, 0.1) is 0 Å². The van der Waals surface area contributed by atoms with Crippen molar-refractivity contribution in [3.63, 3.8) is 0 Å². The van der Waals surface area contributed by atoms with E-state index in [-0.39, 0.29) is 5.91 Å². The van der Waals surface area contributed by atoms with Crippen molar-refractivity contribution in [3.05, 3.63) is 28.1 Å². The first-order valence-electron chi connectivity index (χ1n) is 7.44. The quantitative estimate of drug-likeness (QED) is 0.837. The van der Waals surface area contributed by atoms with Gasteiger partial charge in [-0.05, 0) is 25.0 Å². The number of hydrogen-bond donors (Lipinski definition) is 1. The summed E-state index contributed by atoms with van der Waals surface area (Å²) in [5.74, 6) is 0.0617. The van der Waals surface area contributed by atoms with Crippen LogP contribution in [0.4, 0.5) is 5.69 Å². The molecule has 2 N–H and O–H groups in total. The number of thiophene rings is 1. The number of anilines is 1. The van der Waals surface area contributed by atoms with Gasteiger partial charge in [0.05, 0.1) is 10.7 Å². The van der Waals surface area contributed by atoms with Crippen LogP contribution in [0.1, 0.15) is 41.8 Å². The third-order valence-electron chi connectivity index (χ3n) is 4.04. The molecule has 0 spiro atoms. The standard InChI is InChI=1S/C16H19ClN2OS/c17-11-7-6-8-12-13(11)14(18)15(21-12)16(20)19-9-4-2-1-3-5-10-19/h6-8H,1-5,9-10,18H2. The van der Waals surface area contributed by atoms with E-state index in [1.807, 2.05) is 23.1 Å². The van der Waals surface area contributed by atoms with Crippen LogP contribution in [0.2, 0.25) is 5.02 Å². The molecular weight excluding hydrogens is 304 g/mol. The molecule has 21 heavy (non-hydrogen) atoms. The molecule has 0 bridgehead atoms. The normalized spacial score (nSPS) is 16.7. The minimum absolute atomic E-state index is 0.0617. The van der Waals surface area contributed by atoms with Gasteiger partial charge in [0.15, 0.2) is 0 Å². The van der Waals surface area contributed by atoms with Gasteiger partial charge in [-0.3, -0.25) is 4.79 Å². The van der Waals surface area contributed by atoms with E-state index in [9.17, 15) is 4.79 Å². The summed E-state index contributed by atoms with van der Waals surface area (Å²) in [6, 6.07) is 5.68. The number of halogens is 1. The van der Waals surface area contributed by atoms with Crippen molar-refractivity contribution in [1.29, 1.82) is 0 Å². The summed E-state index contributed by atoms with van der Waals surface area (Å²) >= 11 is 7.67. The first-order valence-corrected chi connectivity index (χ1v) is 8.63. The molecule has 1 amide bonds. The maximum absolute atomic E-state index is 12.8. The van der Waals surface area contributed by atoms with Crippen LogP contribution in [0.15, 0.2) is 18.2 Å². The summed E-state index contributed by atoms with van der Waals surface area (Å²) in [5.41, 5.74) is 6.73. The molecule has 1 saturated heterocycles. The third kappa shape index (κ3) is 2.87. The maximum atomic E-state index is 12.8. The van der Waals surface area contributed by atoms with Crippen molar-refractivity contribution in [2.24, 2.45) is 0 Å². The topological polar surface area (TPSA) is 46.3 Å². The molecule has 0 atom stereocenters. The predicted molar refractivity (Wildman–Crippen MR) is 90.2 cm³/mol. The number of likely N-dealkylation sites (tertiary alicyclic amines) is 1. The second-order valence-corrected chi connectivity index (χ2v) is 6.98. The number of fused-ring (bicyclic) bond motifs is 1. The summed E-state index contributed by atoms with van der Waals surface area (Å²) in [7, 11) is 0. The Balaban J connectivity index is 1.93. The number of benzene rings is 1. The van der Waals surface area contributed by atoms with Gasteiger partial charge in [-0.1, -0.05) is 36.9 Å². The van der Waals surface area contributed by atoms with Gasteiger partial charge in [-0.15, -0.1) is 11.3 Å². The molecule has 3 nitrogen and oxygen atoms in total. The van der Waals surface area contributed by atoms with E-state index < -0.39 is 0 Å². The highest BCUT2D eigenvalue weighted by Crippen LogP contribution is 2.38. The summed E-state index contributed by atoms with van der Waals surface area (Å²) in [4.78, 5) is 15.4. The van der Waals surface area contributed by atoms with Crippen LogP contribution in [0.3, 0.4) is 0 Å². The van der Waals surface area contributed by atoms with Crippen LogP contribution in [-0.2, 0) is 0 Å². The largest absolute Gasteiger partial charge is 0.397 e. The van der Waals surface area contributed by atoms with Crippen molar-refractivity contribution in [2.75, 3.05) is 18.8 Å². The molecule has 0 radical (unpaired) electrons. The fourth-order valence-corrected chi connectivity index (χ4v) is 4.33. The monoisotopic (exact) mass is 322 g/mol. The lowest BCUT2D eigenvalue weighted by Gasteiger charge is -2.24. The Morgan fingerprint density at radius 1 is 1.14 bits per heavy atom. The SMILES string of the molecule is Nc1c(C(=O)N2CCCCCCC2)sc2cccc(Cl)c12. The highest BCUT2D eigenvalue weighted by atomic mass is 35.5. The van der Waals surface area contributed by atoms with Gasteiger partial charge >= 0.3 is 0 Å². The molecule has 0 unspecified atom stereocenters. The van der Waals surface area contributed by atoms with Gasteiger partial charge in [0, 0.05) is 23.2 Å². The Labute approximate surface area is 133 Å². The van der Waals surface area contributed by atoms with E-state index in [1.165, 1.54) is 30.6 Å². The van der Waals surface area contributed by atoms with Gasteiger partial charge in [0.2, 0.25) is 0 Å². The number of amides is 1. The van der Waals surface area contributed by atoms with Crippen molar-refractivity contribution in [1.82, 2.24) is 4.90 Å². The molecule has 1 aliphatic rings. The number of nitrogens with zero attached hydrogens (tertiary/aromatic N) is 1. The lowest BCUT2D eigenvalue weighted by molar-refractivity contribution is 0.0748. The van der Waals surface area contributed by atoms with Crippen molar-refractivity contribution >= 4 is 44.6 Å². The van der Waals surface area contributed by atoms with Crippen LogP contribution in [0.5, 0.6) is 0 Å². The van der Waals surface area contributed by atoms with Crippen molar-refractivity contribution < 1.29 is 4.79 Å². The minimum atomic E-state index is 0.0617. The number of carbonyl (C=O) groups is 1. The number of rotatable bonds is 1. The van der Waals surface area contributed by atoms with Crippen LogP contribution < -0.4 is 5.73 Å². The summed E-state index contributed by atoms with van der Waals surface area (Å²) in [6.07, 6.45) is 5.85. The van der Waals surface area contributed by atoms with Crippen molar-refractivity contribution in [2.45, 2.75) is 32.1 Å².